The molecule has 1 aromatic heterocycles. The number of nitrogens with one attached hydrogen (secondary N) is 1. The molecule has 1 aromatic carbocycles. The third kappa shape index (κ3) is 4.49. The predicted molar refractivity (Wildman–Crippen MR) is 112 cm³/mol. The summed E-state index contributed by atoms with van der Waals surface area (Å²) < 4.78 is 5.78. The van der Waals surface area contributed by atoms with Crippen molar-refractivity contribution in [2.75, 3.05) is 18.9 Å². The molecule has 154 valence electrons. The summed E-state index contributed by atoms with van der Waals surface area (Å²) in [7, 11) is 1.50. The van der Waals surface area contributed by atoms with Gasteiger partial charge in [-0.15, -0.1) is 0 Å². The Morgan fingerprint density at radius 1 is 1.21 bits per heavy atom. The third-order valence-corrected chi connectivity index (χ3v) is 5.64. The van der Waals surface area contributed by atoms with Gasteiger partial charge in [0.25, 0.3) is 5.91 Å². The van der Waals surface area contributed by atoms with Gasteiger partial charge < -0.3 is 14.6 Å². The van der Waals surface area contributed by atoms with Crippen LogP contribution >= 0.6 is 23.2 Å². The number of hydrogen-bond acceptors (Lipinski definition) is 4. The van der Waals surface area contributed by atoms with E-state index in [1.807, 2.05) is 13.8 Å². The number of halogens is 2. The Bertz CT molecular complexity index is 1010. The van der Waals surface area contributed by atoms with Crippen LogP contribution in [0.1, 0.15) is 52.5 Å². The van der Waals surface area contributed by atoms with E-state index in [0.717, 1.165) is 0 Å². The molecule has 6 nitrogen and oxygen atoms in total. The fourth-order valence-corrected chi connectivity index (χ4v) is 3.82. The van der Waals surface area contributed by atoms with Gasteiger partial charge in [0.2, 0.25) is 5.91 Å². The van der Waals surface area contributed by atoms with E-state index in [9.17, 15) is 14.4 Å². The normalized spacial score (nSPS) is 15.0. The summed E-state index contributed by atoms with van der Waals surface area (Å²) >= 11 is 11.8. The maximum Gasteiger partial charge on any atom is 0.290 e. The molecule has 0 atom stereocenters. The highest BCUT2D eigenvalue weighted by atomic mass is 35.5. The second-order valence-corrected chi connectivity index (χ2v) is 8.95. The minimum Gasteiger partial charge on any atom is -0.455 e. The highest BCUT2D eigenvalue weighted by Crippen LogP contribution is 2.38. The van der Waals surface area contributed by atoms with E-state index >= 15 is 0 Å². The number of amides is 2. The van der Waals surface area contributed by atoms with E-state index in [2.05, 4.69) is 5.32 Å². The number of nitrogens with zero attached hydrogens (tertiary/aromatic N) is 1. The molecule has 29 heavy (non-hydrogen) atoms. The highest BCUT2D eigenvalue weighted by Gasteiger charge is 2.37. The lowest BCUT2D eigenvalue weighted by Gasteiger charge is -2.27. The second kappa shape index (κ2) is 7.84. The molecule has 0 saturated carbocycles. The number of likely N-dealkylation sites (N-methyl/N-ethyl adjacent to an activating group) is 1. The summed E-state index contributed by atoms with van der Waals surface area (Å²) in [6.07, 6.45) is 1.000. The van der Waals surface area contributed by atoms with E-state index in [-0.39, 0.29) is 23.5 Å². The van der Waals surface area contributed by atoms with Crippen molar-refractivity contribution >= 4 is 46.5 Å². The van der Waals surface area contributed by atoms with E-state index in [1.165, 1.54) is 18.0 Å². The van der Waals surface area contributed by atoms with Crippen LogP contribution in [0.15, 0.2) is 22.6 Å². The Kier molecular flexibility index (Phi) is 5.79. The number of carbonyl (C=O) groups excluding carboxylic acids is 3. The molecule has 0 bridgehead atoms. The molecule has 2 aromatic rings. The average molecular weight is 437 g/mol. The second-order valence-electron chi connectivity index (χ2n) is 8.13. The first-order valence-corrected chi connectivity index (χ1v) is 9.90. The summed E-state index contributed by atoms with van der Waals surface area (Å²) in [5, 5.41) is 3.37. The van der Waals surface area contributed by atoms with Crippen LogP contribution in [0.4, 0.5) is 5.69 Å². The van der Waals surface area contributed by atoms with Gasteiger partial charge in [0.15, 0.2) is 11.5 Å². The smallest absolute Gasteiger partial charge is 0.290 e. The molecular formula is C21H22Cl2N2O4. The minimum atomic E-state index is -0.452. The van der Waals surface area contributed by atoms with Crippen molar-refractivity contribution in [1.82, 2.24) is 4.90 Å². The lowest BCUT2D eigenvalue weighted by atomic mass is 9.76. The fourth-order valence-electron chi connectivity index (χ4n) is 3.52. The number of carbonyl (C=O) groups is 3. The summed E-state index contributed by atoms with van der Waals surface area (Å²) in [5.41, 5.74) is 1.30. The molecule has 1 N–H and O–H groups in total. The van der Waals surface area contributed by atoms with Crippen LogP contribution in [0.2, 0.25) is 10.0 Å². The van der Waals surface area contributed by atoms with Crippen molar-refractivity contribution in [1.29, 1.82) is 0 Å². The van der Waals surface area contributed by atoms with Crippen molar-refractivity contribution in [3.8, 4) is 0 Å². The minimum absolute atomic E-state index is 0.0171. The summed E-state index contributed by atoms with van der Waals surface area (Å²) in [4.78, 5) is 38.9. The summed E-state index contributed by atoms with van der Waals surface area (Å²) in [6.45, 7) is 5.50. The number of benzene rings is 1. The Balaban J connectivity index is 1.73. The zero-order chi connectivity index (χ0) is 21.5. The van der Waals surface area contributed by atoms with E-state index in [1.54, 1.807) is 19.1 Å². The molecule has 1 aliphatic rings. The molecular weight excluding hydrogens is 415 g/mol. The third-order valence-electron chi connectivity index (χ3n) is 4.90. The monoisotopic (exact) mass is 436 g/mol. The van der Waals surface area contributed by atoms with Gasteiger partial charge >= 0.3 is 0 Å². The van der Waals surface area contributed by atoms with Crippen LogP contribution in [0.3, 0.4) is 0 Å². The molecule has 0 aliphatic heterocycles. The maximum absolute atomic E-state index is 12.8. The van der Waals surface area contributed by atoms with Crippen LogP contribution in [0.5, 0.6) is 0 Å². The van der Waals surface area contributed by atoms with E-state index < -0.39 is 11.8 Å². The first kappa shape index (κ1) is 21.4. The molecule has 8 heteroatoms. The highest BCUT2D eigenvalue weighted by molar-refractivity contribution is 6.42. The predicted octanol–water partition coefficient (Wildman–Crippen LogP) is 4.76. The molecule has 0 radical (unpaired) electrons. The van der Waals surface area contributed by atoms with Gasteiger partial charge in [-0.1, -0.05) is 37.0 Å². The molecule has 0 unspecified atom stereocenters. The van der Waals surface area contributed by atoms with E-state index in [4.69, 9.17) is 27.6 Å². The quantitative estimate of drug-likeness (QED) is 0.748. The van der Waals surface area contributed by atoms with Gasteiger partial charge in [0, 0.05) is 31.1 Å². The average Bonchev–Trinajstić information content (AvgIpc) is 2.92. The van der Waals surface area contributed by atoms with Gasteiger partial charge in [0.1, 0.15) is 5.76 Å². The number of Topliss-reactive ketones (excluding diaryl/α,β-unsaturated/α-hetero) is 1. The number of rotatable bonds is 4. The first-order chi connectivity index (χ1) is 13.5. The lowest BCUT2D eigenvalue weighted by molar-refractivity contribution is -0.116. The van der Waals surface area contributed by atoms with Crippen molar-refractivity contribution in [3.63, 3.8) is 0 Å². The molecule has 1 aliphatic carbocycles. The van der Waals surface area contributed by atoms with Gasteiger partial charge in [-0.3, -0.25) is 14.4 Å². The topological polar surface area (TPSA) is 79.6 Å². The zero-order valence-electron chi connectivity index (χ0n) is 16.7. The summed E-state index contributed by atoms with van der Waals surface area (Å²) in [5.74, 6) is -0.222. The van der Waals surface area contributed by atoms with Crippen LogP contribution in [-0.4, -0.2) is 36.1 Å². The van der Waals surface area contributed by atoms with E-state index in [0.29, 0.717) is 45.5 Å². The van der Waals surface area contributed by atoms with Crippen LogP contribution in [-0.2, 0) is 11.2 Å². The van der Waals surface area contributed by atoms with Crippen molar-refractivity contribution in [2.24, 2.45) is 5.41 Å². The Hall–Kier alpha value is -2.31. The standard InChI is InChI=1S/C21H22Cl2N2O4/c1-11-18-15(26)8-21(2,3)9-16(18)29-19(11)20(28)25(4)10-17(27)24-12-5-6-13(22)14(23)7-12/h5-7H,8-10H2,1-4H3,(H,24,27). The van der Waals surface area contributed by atoms with Crippen LogP contribution in [0, 0.1) is 12.3 Å². The van der Waals surface area contributed by atoms with Gasteiger partial charge in [-0.05, 0) is 30.5 Å². The largest absolute Gasteiger partial charge is 0.455 e. The first-order valence-electron chi connectivity index (χ1n) is 9.14. The fraction of sp³-hybridized carbons (Fsp3) is 0.381. The lowest BCUT2D eigenvalue weighted by Crippen LogP contribution is -2.35. The number of hydrogen-bond donors (Lipinski definition) is 1. The Labute approximate surface area is 179 Å². The Morgan fingerprint density at radius 3 is 2.55 bits per heavy atom. The molecule has 3 rings (SSSR count). The SMILES string of the molecule is Cc1c(C(=O)N(C)CC(=O)Nc2ccc(Cl)c(Cl)c2)oc2c1C(=O)CC(C)(C)C2. The van der Waals surface area contributed by atoms with Crippen molar-refractivity contribution in [2.45, 2.75) is 33.6 Å². The molecule has 1 heterocycles. The number of anilines is 1. The van der Waals surface area contributed by atoms with Crippen molar-refractivity contribution in [3.05, 3.63) is 50.9 Å². The molecule has 0 fully saturated rings. The van der Waals surface area contributed by atoms with Gasteiger partial charge in [-0.2, -0.15) is 0 Å². The molecule has 0 spiro atoms. The Morgan fingerprint density at radius 2 is 1.90 bits per heavy atom. The van der Waals surface area contributed by atoms with Gasteiger partial charge in [-0.25, -0.2) is 0 Å². The number of furan rings is 1. The maximum atomic E-state index is 12.8. The zero-order valence-corrected chi connectivity index (χ0v) is 18.2. The molecule has 2 amide bonds. The number of fused-ring (bicyclic) bond motifs is 1. The van der Waals surface area contributed by atoms with Crippen LogP contribution in [0.25, 0.3) is 0 Å². The molecule has 0 saturated heterocycles. The van der Waals surface area contributed by atoms with Crippen LogP contribution < -0.4 is 5.32 Å². The number of ketones is 1. The van der Waals surface area contributed by atoms with Crippen molar-refractivity contribution < 1.29 is 18.8 Å². The summed E-state index contributed by atoms with van der Waals surface area (Å²) in [6, 6.07) is 4.72. The van der Waals surface area contributed by atoms with Gasteiger partial charge in [0.05, 0.1) is 22.2 Å².